The highest BCUT2D eigenvalue weighted by molar-refractivity contribution is 5.98. The third kappa shape index (κ3) is 1.97. The van der Waals surface area contributed by atoms with Gasteiger partial charge in [0.15, 0.2) is 0 Å². The van der Waals surface area contributed by atoms with Gasteiger partial charge in [0, 0.05) is 18.2 Å². The number of amides is 1. The van der Waals surface area contributed by atoms with Gasteiger partial charge in [0.25, 0.3) is 0 Å². The maximum absolute atomic E-state index is 12.1. The molecule has 0 bridgehead atoms. The molecule has 86 valence electrons. The third-order valence-electron chi connectivity index (χ3n) is 3.55. The van der Waals surface area contributed by atoms with Crippen LogP contribution in [0.1, 0.15) is 32.3 Å². The number of carbonyl (C=O) groups is 1. The van der Waals surface area contributed by atoms with E-state index >= 15 is 0 Å². The Bertz CT molecular complexity index is 390. The summed E-state index contributed by atoms with van der Waals surface area (Å²) in [5, 5.41) is 0. The van der Waals surface area contributed by atoms with Crippen molar-refractivity contribution in [1.29, 1.82) is 0 Å². The minimum atomic E-state index is -0.0851. The van der Waals surface area contributed by atoms with Gasteiger partial charge in [-0.2, -0.15) is 0 Å². The molecule has 2 rings (SSSR count). The lowest BCUT2D eigenvalue weighted by Gasteiger charge is -2.21. The van der Waals surface area contributed by atoms with Crippen LogP contribution in [-0.4, -0.2) is 13.0 Å². The van der Waals surface area contributed by atoms with E-state index in [0.717, 1.165) is 24.9 Å². The van der Waals surface area contributed by atoms with Gasteiger partial charge in [0.2, 0.25) is 5.91 Å². The van der Waals surface area contributed by atoms with Gasteiger partial charge in [-0.3, -0.25) is 4.79 Å². The smallest absolute Gasteiger partial charge is 0.232 e. The fourth-order valence-electron chi connectivity index (χ4n) is 1.88. The summed E-state index contributed by atoms with van der Waals surface area (Å²) < 4.78 is 0. The second-order valence-electron chi connectivity index (χ2n) is 4.94. The Morgan fingerprint density at radius 3 is 2.31 bits per heavy atom. The zero-order chi connectivity index (χ0) is 11.8. The average Bonchev–Trinajstić information content (AvgIpc) is 3.07. The van der Waals surface area contributed by atoms with Gasteiger partial charge in [-0.25, -0.2) is 0 Å². The zero-order valence-corrected chi connectivity index (χ0v) is 10.3. The van der Waals surface area contributed by atoms with Gasteiger partial charge >= 0.3 is 0 Å². The SMILES string of the molecule is CCc1ccc(N(C)C(=O)C2(C)CC2)cc1. The minimum absolute atomic E-state index is 0.0851. The fourth-order valence-corrected chi connectivity index (χ4v) is 1.88. The lowest BCUT2D eigenvalue weighted by Crippen LogP contribution is -2.32. The third-order valence-corrected chi connectivity index (χ3v) is 3.55. The monoisotopic (exact) mass is 217 g/mol. The summed E-state index contributed by atoms with van der Waals surface area (Å²) in [7, 11) is 1.87. The van der Waals surface area contributed by atoms with Gasteiger partial charge in [-0.1, -0.05) is 26.0 Å². The Kier molecular flexibility index (Phi) is 2.75. The predicted octanol–water partition coefficient (Wildman–Crippen LogP) is 3.01. The van der Waals surface area contributed by atoms with E-state index in [-0.39, 0.29) is 11.3 Å². The first kappa shape index (κ1) is 11.2. The van der Waals surface area contributed by atoms with Crippen molar-refractivity contribution in [2.24, 2.45) is 5.41 Å². The molecule has 1 aromatic rings. The van der Waals surface area contributed by atoms with E-state index in [9.17, 15) is 4.79 Å². The van der Waals surface area contributed by atoms with Crippen LogP contribution in [0, 0.1) is 5.41 Å². The molecule has 0 unspecified atom stereocenters. The molecule has 0 radical (unpaired) electrons. The molecule has 1 aromatic carbocycles. The molecule has 0 spiro atoms. The van der Waals surface area contributed by atoms with Crippen LogP contribution in [0.15, 0.2) is 24.3 Å². The van der Waals surface area contributed by atoms with E-state index in [2.05, 4.69) is 19.1 Å². The molecule has 1 aliphatic rings. The number of carbonyl (C=O) groups excluding carboxylic acids is 1. The summed E-state index contributed by atoms with van der Waals surface area (Å²) in [4.78, 5) is 13.9. The molecule has 0 aromatic heterocycles. The number of nitrogens with zero attached hydrogens (tertiary/aromatic N) is 1. The zero-order valence-electron chi connectivity index (χ0n) is 10.3. The van der Waals surface area contributed by atoms with Crippen molar-refractivity contribution >= 4 is 11.6 Å². The standard InChI is InChI=1S/C14H19NO/c1-4-11-5-7-12(8-6-11)15(3)13(16)14(2)9-10-14/h5-8H,4,9-10H2,1-3H3. The van der Waals surface area contributed by atoms with Crippen LogP contribution in [0.25, 0.3) is 0 Å². The van der Waals surface area contributed by atoms with Gasteiger partial charge in [0.05, 0.1) is 0 Å². The van der Waals surface area contributed by atoms with Crippen molar-refractivity contribution in [1.82, 2.24) is 0 Å². The lowest BCUT2D eigenvalue weighted by atomic mass is 10.1. The Morgan fingerprint density at radius 2 is 1.88 bits per heavy atom. The topological polar surface area (TPSA) is 20.3 Å². The molecular weight excluding hydrogens is 198 g/mol. The van der Waals surface area contributed by atoms with Crippen LogP contribution in [0.4, 0.5) is 5.69 Å². The van der Waals surface area contributed by atoms with Crippen LogP contribution in [0.5, 0.6) is 0 Å². The minimum Gasteiger partial charge on any atom is -0.315 e. The summed E-state index contributed by atoms with van der Waals surface area (Å²) in [6.07, 6.45) is 3.10. The summed E-state index contributed by atoms with van der Waals surface area (Å²) in [5.74, 6) is 0.247. The largest absolute Gasteiger partial charge is 0.315 e. The molecule has 16 heavy (non-hydrogen) atoms. The molecule has 1 amide bonds. The van der Waals surface area contributed by atoms with Crippen molar-refractivity contribution < 1.29 is 4.79 Å². The molecule has 1 fully saturated rings. The first-order valence-corrected chi connectivity index (χ1v) is 5.94. The number of hydrogen-bond acceptors (Lipinski definition) is 1. The first-order valence-electron chi connectivity index (χ1n) is 5.94. The predicted molar refractivity (Wildman–Crippen MR) is 66.6 cm³/mol. The van der Waals surface area contributed by atoms with Gasteiger partial charge < -0.3 is 4.90 Å². The first-order chi connectivity index (χ1) is 7.57. The number of aryl methyl sites for hydroxylation is 1. The Morgan fingerprint density at radius 1 is 1.31 bits per heavy atom. The van der Waals surface area contributed by atoms with Crippen LogP contribution in [0.2, 0.25) is 0 Å². The quantitative estimate of drug-likeness (QED) is 0.762. The summed E-state index contributed by atoms with van der Waals surface area (Å²) in [5.41, 5.74) is 2.22. The van der Waals surface area contributed by atoms with E-state index in [4.69, 9.17) is 0 Å². The van der Waals surface area contributed by atoms with E-state index in [1.807, 2.05) is 26.1 Å². The Balaban J connectivity index is 2.14. The van der Waals surface area contributed by atoms with Crippen molar-refractivity contribution in [2.75, 3.05) is 11.9 Å². The van der Waals surface area contributed by atoms with Crippen LogP contribution in [-0.2, 0) is 11.2 Å². The van der Waals surface area contributed by atoms with E-state index in [1.54, 1.807) is 4.90 Å². The molecule has 0 aliphatic heterocycles. The molecule has 2 heteroatoms. The Labute approximate surface area is 97.3 Å². The molecule has 0 atom stereocenters. The lowest BCUT2D eigenvalue weighted by molar-refractivity contribution is -0.122. The fraction of sp³-hybridized carbons (Fsp3) is 0.500. The van der Waals surface area contributed by atoms with Gasteiger partial charge in [-0.15, -0.1) is 0 Å². The van der Waals surface area contributed by atoms with Crippen LogP contribution >= 0.6 is 0 Å². The molecule has 1 saturated carbocycles. The second-order valence-corrected chi connectivity index (χ2v) is 4.94. The number of anilines is 1. The van der Waals surface area contributed by atoms with Crippen LogP contribution in [0.3, 0.4) is 0 Å². The summed E-state index contributed by atoms with van der Waals surface area (Å²) >= 11 is 0. The van der Waals surface area contributed by atoms with Crippen molar-refractivity contribution in [3.8, 4) is 0 Å². The molecule has 0 saturated heterocycles. The maximum atomic E-state index is 12.1. The van der Waals surface area contributed by atoms with Crippen molar-refractivity contribution in [2.45, 2.75) is 33.1 Å². The highest BCUT2D eigenvalue weighted by Gasteiger charge is 2.46. The van der Waals surface area contributed by atoms with Crippen LogP contribution < -0.4 is 4.90 Å². The van der Waals surface area contributed by atoms with E-state index < -0.39 is 0 Å². The molecule has 0 N–H and O–H groups in total. The summed E-state index contributed by atoms with van der Waals surface area (Å²) in [6.45, 7) is 4.18. The summed E-state index contributed by atoms with van der Waals surface area (Å²) in [6, 6.07) is 8.24. The Hall–Kier alpha value is -1.31. The van der Waals surface area contributed by atoms with Gasteiger partial charge in [0.1, 0.15) is 0 Å². The number of benzene rings is 1. The average molecular weight is 217 g/mol. The van der Waals surface area contributed by atoms with Gasteiger partial charge in [-0.05, 0) is 37.0 Å². The van der Waals surface area contributed by atoms with Crippen molar-refractivity contribution in [3.63, 3.8) is 0 Å². The number of hydrogen-bond donors (Lipinski definition) is 0. The van der Waals surface area contributed by atoms with E-state index in [0.29, 0.717) is 0 Å². The molecular formula is C14H19NO. The van der Waals surface area contributed by atoms with Crippen molar-refractivity contribution in [3.05, 3.63) is 29.8 Å². The maximum Gasteiger partial charge on any atom is 0.232 e. The van der Waals surface area contributed by atoms with E-state index in [1.165, 1.54) is 5.56 Å². The normalized spacial score (nSPS) is 16.9. The number of rotatable bonds is 3. The molecule has 2 nitrogen and oxygen atoms in total. The highest BCUT2D eigenvalue weighted by Crippen LogP contribution is 2.46. The second kappa shape index (κ2) is 3.93. The molecule has 1 aliphatic carbocycles. The molecule has 0 heterocycles. The highest BCUT2D eigenvalue weighted by atomic mass is 16.2.